The number of carbonyl (C=O) groups is 5. The monoisotopic (exact) mass is 376 g/mol. The fourth-order valence-corrected chi connectivity index (χ4v) is 2.30. The van der Waals surface area contributed by atoms with Gasteiger partial charge in [-0.05, 0) is 25.5 Å². The third-order valence-electron chi connectivity index (χ3n) is 3.99. The molecule has 1 atom stereocenters. The van der Waals surface area contributed by atoms with Crippen molar-refractivity contribution in [2.75, 3.05) is 18.5 Å². The number of rotatable bonds is 6. The molecule has 1 aliphatic rings. The van der Waals surface area contributed by atoms with Crippen molar-refractivity contribution in [3.8, 4) is 0 Å². The Bertz CT molecular complexity index is 766. The third-order valence-corrected chi connectivity index (χ3v) is 3.99. The average Bonchev–Trinajstić information content (AvgIpc) is 2.84. The van der Waals surface area contributed by atoms with Gasteiger partial charge in [-0.15, -0.1) is 0 Å². The molecule has 0 unspecified atom stereocenters. The van der Waals surface area contributed by atoms with E-state index >= 15 is 0 Å². The van der Waals surface area contributed by atoms with Gasteiger partial charge in [-0.3, -0.25) is 24.6 Å². The second-order valence-electron chi connectivity index (χ2n) is 6.04. The quantitative estimate of drug-likeness (QED) is 0.492. The largest absolute Gasteiger partial charge is 0.454 e. The van der Waals surface area contributed by atoms with Crippen molar-refractivity contribution in [2.24, 2.45) is 0 Å². The number of hydrogen-bond acceptors (Lipinski definition) is 6. The van der Waals surface area contributed by atoms with Crippen molar-refractivity contribution in [1.29, 1.82) is 0 Å². The first-order valence-corrected chi connectivity index (χ1v) is 8.21. The number of nitrogens with one attached hydrogen (secondary N) is 3. The van der Waals surface area contributed by atoms with E-state index in [0.29, 0.717) is 12.1 Å². The van der Waals surface area contributed by atoms with E-state index in [9.17, 15) is 24.0 Å². The highest BCUT2D eigenvalue weighted by Crippen LogP contribution is 2.20. The van der Waals surface area contributed by atoms with E-state index in [2.05, 4.69) is 10.6 Å². The first kappa shape index (κ1) is 19.9. The molecule has 1 heterocycles. The van der Waals surface area contributed by atoms with Gasteiger partial charge in [0.25, 0.3) is 11.8 Å². The van der Waals surface area contributed by atoms with Crippen LogP contribution in [0.1, 0.15) is 20.3 Å². The zero-order chi connectivity index (χ0) is 20.0. The van der Waals surface area contributed by atoms with Gasteiger partial charge in [-0.2, -0.15) is 0 Å². The molecule has 1 aliphatic heterocycles. The van der Waals surface area contributed by atoms with Crippen molar-refractivity contribution in [3.05, 3.63) is 30.3 Å². The zero-order valence-electron chi connectivity index (χ0n) is 14.9. The Morgan fingerprint density at radius 2 is 1.85 bits per heavy atom. The number of urea groups is 2. The first-order chi connectivity index (χ1) is 12.7. The Morgan fingerprint density at radius 1 is 1.19 bits per heavy atom. The van der Waals surface area contributed by atoms with Crippen molar-refractivity contribution in [2.45, 2.75) is 25.8 Å². The number of ether oxygens (including phenoxy) is 1. The van der Waals surface area contributed by atoms with Crippen LogP contribution in [0.5, 0.6) is 0 Å². The lowest BCUT2D eigenvalue weighted by Crippen LogP contribution is -2.44. The molecule has 1 aromatic rings. The van der Waals surface area contributed by atoms with E-state index < -0.39 is 48.5 Å². The summed E-state index contributed by atoms with van der Waals surface area (Å²) in [6, 6.07) is 6.96. The maximum atomic E-state index is 12.2. The maximum Gasteiger partial charge on any atom is 0.326 e. The van der Waals surface area contributed by atoms with Gasteiger partial charge in [-0.1, -0.05) is 25.1 Å². The normalized spacial score (nSPS) is 18.7. The Balaban J connectivity index is 1.77. The Morgan fingerprint density at radius 3 is 2.44 bits per heavy atom. The summed E-state index contributed by atoms with van der Waals surface area (Å²) < 4.78 is 4.71. The number of anilines is 1. The first-order valence-electron chi connectivity index (χ1n) is 8.21. The van der Waals surface area contributed by atoms with Crippen molar-refractivity contribution >= 4 is 35.5 Å². The standard InChI is InChI=1S/C17H20N4O6/c1-3-17(2)14(24)21(16(26)20-17)9-13(23)27-10-12(22)19-15(25)18-11-7-5-4-6-8-11/h4-8H,3,9-10H2,1-2H3,(H,20,26)(H2,18,19,22,25)/t17-/m1/s1. The molecular weight excluding hydrogens is 356 g/mol. The summed E-state index contributed by atoms with van der Waals surface area (Å²) in [5.74, 6) is -2.34. The van der Waals surface area contributed by atoms with Crippen LogP contribution >= 0.6 is 0 Å². The van der Waals surface area contributed by atoms with E-state index in [1.807, 2.05) is 5.32 Å². The van der Waals surface area contributed by atoms with E-state index in [-0.39, 0.29) is 0 Å². The van der Waals surface area contributed by atoms with E-state index in [4.69, 9.17) is 4.74 Å². The molecule has 0 radical (unpaired) electrons. The van der Waals surface area contributed by atoms with Crippen LogP contribution < -0.4 is 16.0 Å². The lowest BCUT2D eigenvalue weighted by atomic mass is 9.99. The lowest BCUT2D eigenvalue weighted by Gasteiger charge is -2.18. The summed E-state index contributed by atoms with van der Waals surface area (Å²) >= 11 is 0. The highest BCUT2D eigenvalue weighted by Gasteiger charge is 2.47. The van der Waals surface area contributed by atoms with Crippen LogP contribution in [0.4, 0.5) is 15.3 Å². The van der Waals surface area contributed by atoms with Crippen molar-refractivity contribution in [3.63, 3.8) is 0 Å². The number of para-hydroxylation sites is 1. The van der Waals surface area contributed by atoms with Gasteiger partial charge >= 0.3 is 18.0 Å². The molecule has 10 nitrogen and oxygen atoms in total. The van der Waals surface area contributed by atoms with Crippen LogP contribution in [-0.4, -0.2) is 53.4 Å². The maximum absolute atomic E-state index is 12.2. The van der Waals surface area contributed by atoms with Gasteiger partial charge in [-0.25, -0.2) is 9.59 Å². The summed E-state index contributed by atoms with van der Waals surface area (Å²) in [4.78, 5) is 59.8. The third kappa shape index (κ3) is 5.03. The summed E-state index contributed by atoms with van der Waals surface area (Å²) in [6.45, 7) is 1.93. The summed E-state index contributed by atoms with van der Waals surface area (Å²) in [6.07, 6.45) is 0.363. The summed E-state index contributed by atoms with van der Waals surface area (Å²) in [5.41, 5.74) is -0.582. The molecule has 10 heteroatoms. The van der Waals surface area contributed by atoms with Crippen LogP contribution in [0.15, 0.2) is 30.3 Å². The van der Waals surface area contributed by atoms with Crippen LogP contribution in [-0.2, 0) is 19.1 Å². The molecule has 3 N–H and O–H groups in total. The van der Waals surface area contributed by atoms with Gasteiger partial charge in [0.15, 0.2) is 6.61 Å². The number of nitrogens with zero attached hydrogens (tertiary/aromatic N) is 1. The molecule has 27 heavy (non-hydrogen) atoms. The highest BCUT2D eigenvalue weighted by atomic mass is 16.5. The number of amides is 6. The predicted octanol–water partition coefficient (Wildman–Crippen LogP) is 0.598. The molecule has 1 aromatic carbocycles. The van der Waals surface area contributed by atoms with Crippen LogP contribution in [0.25, 0.3) is 0 Å². The molecule has 2 rings (SSSR count). The smallest absolute Gasteiger partial charge is 0.326 e. The topological polar surface area (TPSA) is 134 Å². The van der Waals surface area contributed by atoms with Crippen molar-refractivity contribution < 1.29 is 28.7 Å². The molecule has 144 valence electrons. The second kappa shape index (κ2) is 8.30. The molecule has 1 fully saturated rings. The van der Waals surface area contributed by atoms with Gasteiger partial charge in [0, 0.05) is 5.69 Å². The second-order valence-corrected chi connectivity index (χ2v) is 6.04. The van der Waals surface area contributed by atoms with Crippen LogP contribution in [0, 0.1) is 0 Å². The Hall–Kier alpha value is -3.43. The number of carbonyl (C=O) groups excluding carboxylic acids is 5. The molecule has 0 saturated carbocycles. The molecule has 1 saturated heterocycles. The fraction of sp³-hybridized carbons (Fsp3) is 0.353. The summed E-state index contributed by atoms with van der Waals surface area (Å²) in [5, 5.41) is 6.92. The fourth-order valence-electron chi connectivity index (χ4n) is 2.30. The van der Waals surface area contributed by atoms with Crippen molar-refractivity contribution in [1.82, 2.24) is 15.5 Å². The Kier molecular flexibility index (Phi) is 6.11. The minimum atomic E-state index is -1.07. The summed E-state index contributed by atoms with van der Waals surface area (Å²) in [7, 11) is 0. The number of hydrogen-bond donors (Lipinski definition) is 3. The number of esters is 1. The predicted molar refractivity (Wildman–Crippen MR) is 93.5 cm³/mol. The van der Waals surface area contributed by atoms with Gasteiger partial charge < -0.3 is 15.4 Å². The minimum absolute atomic E-state index is 0.363. The van der Waals surface area contributed by atoms with Crippen LogP contribution in [0.2, 0.25) is 0 Å². The molecule has 0 aliphatic carbocycles. The Labute approximate surface area is 155 Å². The van der Waals surface area contributed by atoms with E-state index in [0.717, 1.165) is 4.90 Å². The lowest BCUT2D eigenvalue weighted by molar-refractivity contribution is -0.150. The molecule has 0 bridgehead atoms. The number of benzene rings is 1. The van der Waals surface area contributed by atoms with Gasteiger partial charge in [0.2, 0.25) is 0 Å². The van der Waals surface area contributed by atoms with E-state index in [1.54, 1.807) is 44.2 Å². The van der Waals surface area contributed by atoms with E-state index in [1.165, 1.54) is 0 Å². The minimum Gasteiger partial charge on any atom is -0.454 e. The molecule has 6 amide bonds. The average molecular weight is 376 g/mol. The molecular formula is C17H20N4O6. The van der Waals surface area contributed by atoms with Gasteiger partial charge in [0.05, 0.1) is 0 Å². The van der Waals surface area contributed by atoms with Gasteiger partial charge in [0.1, 0.15) is 12.1 Å². The zero-order valence-corrected chi connectivity index (χ0v) is 14.9. The van der Waals surface area contributed by atoms with Crippen LogP contribution in [0.3, 0.4) is 0 Å². The number of imide groups is 2. The highest BCUT2D eigenvalue weighted by molar-refractivity contribution is 6.08. The molecule has 0 aromatic heterocycles. The SMILES string of the molecule is CC[C@@]1(C)NC(=O)N(CC(=O)OCC(=O)NC(=O)Nc2ccccc2)C1=O. The molecule has 0 spiro atoms.